The molecule has 0 aliphatic rings. The maximum absolute atomic E-state index is 5.99. The van der Waals surface area contributed by atoms with Crippen LogP contribution in [-0.2, 0) is 0 Å². The molecule has 0 saturated heterocycles. The molecular weight excluding hydrogens is 208 g/mol. The number of fused-ring (bicyclic) bond motifs is 1. The lowest BCUT2D eigenvalue weighted by atomic mass is 10.2. The van der Waals surface area contributed by atoms with Gasteiger partial charge in [-0.1, -0.05) is 11.6 Å². The van der Waals surface area contributed by atoms with Gasteiger partial charge in [0.05, 0.1) is 5.02 Å². The van der Waals surface area contributed by atoms with Crippen molar-refractivity contribution in [1.82, 2.24) is 0 Å². The number of rotatable bonds is 0. The van der Waals surface area contributed by atoms with E-state index in [1.165, 1.54) is 10.3 Å². The van der Waals surface area contributed by atoms with Gasteiger partial charge in [0, 0.05) is 20.4 Å². The van der Waals surface area contributed by atoms with Gasteiger partial charge in [-0.15, -0.1) is 24.0 Å². The highest BCUT2D eigenvalue weighted by Gasteiger charge is 2.05. The molecule has 0 spiro atoms. The van der Waals surface area contributed by atoms with E-state index in [1.807, 2.05) is 11.4 Å². The predicted molar refractivity (Wildman–Crippen MR) is 58.8 cm³/mol. The first-order valence-corrected chi connectivity index (χ1v) is 5.25. The summed E-state index contributed by atoms with van der Waals surface area (Å²) in [6.07, 6.45) is 0. The Morgan fingerprint density at radius 1 is 1.42 bits per heavy atom. The average Bonchev–Trinajstić information content (AvgIpc) is 2.31. The first-order chi connectivity index (χ1) is 5.68. The van der Waals surface area contributed by atoms with Gasteiger partial charge in [0.15, 0.2) is 0 Å². The van der Waals surface area contributed by atoms with Crippen LogP contribution in [0.5, 0.6) is 0 Å². The first-order valence-electron chi connectivity index (χ1n) is 3.55. The smallest absolute Gasteiger partial charge is 0.0602 e. The number of thiol groups is 1. The summed E-state index contributed by atoms with van der Waals surface area (Å²) in [5.41, 5.74) is 1.23. The molecule has 0 bridgehead atoms. The van der Waals surface area contributed by atoms with E-state index in [0.717, 1.165) is 15.3 Å². The zero-order valence-corrected chi connectivity index (χ0v) is 8.93. The molecule has 0 aliphatic carbocycles. The fourth-order valence-corrected chi connectivity index (χ4v) is 3.16. The van der Waals surface area contributed by atoms with Crippen LogP contribution in [0.1, 0.15) is 5.56 Å². The Balaban J connectivity index is 2.93. The number of hydrogen-bond donors (Lipinski definition) is 1. The Morgan fingerprint density at radius 3 is 2.92 bits per heavy atom. The van der Waals surface area contributed by atoms with E-state index in [2.05, 4.69) is 25.6 Å². The third-order valence-electron chi connectivity index (χ3n) is 1.75. The molecule has 0 nitrogen and oxygen atoms in total. The van der Waals surface area contributed by atoms with E-state index in [4.69, 9.17) is 11.6 Å². The fraction of sp³-hybridized carbons (Fsp3) is 0.111. The van der Waals surface area contributed by atoms with Gasteiger partial charge < -0.3 is 0 Å². The highest BCUT2D eigenvalue weighted by molar-refractivity contribution is 7.80. The van der Waals surface area contributed by atoms with Crippen molar-refractivity contribution < 1.29 is 0 Å². The summed E-state index contributed by atoms with van der Waals surface area (Å²) in [4.78, 5) is 0.969. The van der Waals surface area contributed by atoms with Gasteiger partial charge in [-0.3, -0.25) is 0 Å². The summed E-state index contributed by atoms with van der Waals surface area (Å²) in [6.45, 7) is 2.06. The van der Waals surface area contributed by atoms with E-state index in [-0.39, 0.29) is 0 Å². The van der Waals surface area contributed by atoms with E-state index >= 15 is 0 Å². The van der Waals surface area contributed by atoms with Gasteiger partial charge in [0.2, 0.25) is 0 Å². The molecular formula is C9H7ClS2. The SMILES string of the molecule is Cc1cc(S)c2c(Cl)csc2c1. The van der Waals surface area contributed by atoms with Crippen LogP contribution in [0.2, 0.25) is 5.02 Å². The van der Waals surface area contributed by atoms with Crippen LogP contribution in [0.25, 0.3) is 10.1 Å². The molecule has 1 heterocycles. The number of hydrogen-bond acceptors (Lipinski definition) is 2. The van der Waals surface area contributed by atoms with Crippen LogP contribution < -0.4 is 0 Å². The molecule has 0 N–H and O–H groups in total. The summed E-state index contributed by atoms with van der Waals surface area (Å²) >= 11 is 12.0. The number of halogens is 1. The van der Waals surface area contributed by atoms with Crippen LogP contribution >= 0.6 is 35.6 Å². The lowest BCUT2D eigenvalue weighted by molar-refractivity contribution is 1.43. The summed E-state index contributed by atoms with van der Waals surface area (Å²) in [7, 11) is 0. The second kappa shape index (κ2) is 2.95. The van der Waals surface area contributed by atoms with Crippen molar-refractivity contribution in [2.75, 3.05) is 0 Å². The summed E-state index contributed by atoms with van der Waals surface area (Å²) in [6, 6.07) is 4.16. The van der Waals surface area contributed by atoms with Crippen LogP contribution in [-0.4, -0.2) is 0 Å². The van der Waals surface area contributed by atoms with Gasteiger partial charge in [-0.25, -0.2) is 0 Å². The Bertz CT molecular complexity index is 431. The minimum Gasteiger partial charge on any atom is -0.143 e. The lowest BCUT2D eigenvalue weighted by Gasteiger charge is -1.97. The molecule has 0 aliphatic heterocycles. The molecule has 62 valence electrons. The van der Waals surface area contributed by atoms with Crippen molar-refractivity contribution in [3.8, 4) is 0 Å². The highest BCUT2D eigenvalue weighted by Crippen LogP contribution is 2.35. The second-order valence-electron chi connectivity index (χ2n) is 2.74. The molecule has 1 aromatic carbocycles. The minimum atomic E-state index is 0.806. The third-order valence-corrected chi connectivity index (χ3v) is 3.46. The van der Waals surface area contributed by atoms with Gasteiger partial charge in [0.25, 0.3) is 0 Å². The largest absolute Gasteiger partial charge is 0.143 e. The van der Waals surface area contributed by atoms with Crippen molar-refractivity contribution in [1.29, 1.82) is 0 Å². The minimum absolute atomic E-state index is 0.806. The highest BCUT2D eigenvalue weighted by atomic mass is 35.5. The van der Waals surface area contributed by atoms with Crippen LogP contribution in [0, 0.1) is 6.92 Å². The molecule has 2 aromatic rings. The molecule has 2 rings (SSSR count). The van der Waals surface area contributed by atoms with Crippen LogP contribution in [0.15, 0.2) is 22.4 Å². The van der Waals surface area contributed by atoms with E-state index in [9.17, 15) is 0 Å². The van der Waals surface area contributed by atoms with E-state index in [1.54, 1.807) is 11.3 Å². The Kier molecular flexibility index (Phi) is 2.07. The van der Waals surface area contributed by atoms with Gasteiger partial charge in [-0.05, 0) is 24.6 Å². The molecule has 0 saturated carbocycles. The van der Waals surface area contributed by atoms with Gasteiger partial charge in [-0.2, -0.15) is 0 Å². The van der Waals surface area contributed by atoms with Crippen molar-refractivity contribution >= 4 is 45.7 Å². The summed E-state index contributed by atoms with van der Waals surface area (Å²) in [5, 5.41) is 3.83. The van der Waals surface area contributed by atoms with Crippen molar-refractivity contribution in [3.63, 3.8) is 0 Å². The number of benzene rings is 1. The second-order valence-corrected chi connectivity index (χ2v) is 4.54. The summed E-state index contributed by atoms with van der Waals surface area (Å²) in [5.74, 6) is 0. The zero-order chi connectivity index (χ0) is 8.72. The average molecular weight is 215 g/mol. The number of aryl methyl sites for hydroxylation is 1. The molecule has 1 aromatic heterocycles. The van der Waals surface area contributed by atoms with Crippen molar-refractivity contribution in [2.45, 2.75) is 11.8 Å². The maximum atomic E-state index is 5.99. The molecule has 0 fully saturated rings. The standard InChI is InChI=1S/C9H7ClS2/c1-5-2-7(11)9-6(10)4-12-8(9)3-5/h2-4,11H,1H3. The zero-order valence-electron chi connectivity index (χ0n) is 6.47. The summed E-state index contributed by atoms with van der Waals surface area (Å²) < 4.78 is 1.21. The Labute approximate surface area is 85.6 Å². The topological polar surface area (TPSA) is 0 Å². The molecule has 0 atom stereocenters. The third kappa shape index (κ3) is 1.24. The van der Waals surface area contributed by atoms with E-state index in [0.29, 0.717) is 0 Å². The molecule has 12 heavy (non-hydrogen) atoms. The quantitative estimate of drug-likeness (QED) is 0.626. The maximum Gasteiger partial charge on any atom is 0.0602 e. The Hall–Kier alpha value is -0.180. The normalized spacial score (nSPS) is 10.9. The van der Waals surface area contributed by atoms with Gasteiger partial charge in [0.1, 0.15) is 0 Å². The van der Waals surface area contributed by atoms with Crippen LogP contribution in [0.3, 0.4) is 0 Å². The number of thiophene rings is 1. The molecule has 0 radical (unpaired) electrons. The van der Waals surface area contributed by atoms with E-state index < -0.39 is 0 Å². The van der Waals surface area contributed by atoms with Crippen molar-refractivity contribution in [2.24, 2.45) is 0 Å². The lowest BCUT2D eigenvalue weighted by Crippen LogP contribution is -1.73. The Morgan fingerprint density at radius 2 is 2.17 bits per heavy atom. The monoisotopic (exact) mass is 214 g/mol. The van der Waals surface area contributed by atoms with Crippen molar-refractivity contribution in [3.05, 3.63) is 28.1 Å². The first kappa shape index (κ1) is 8.42. The molecule has 3 heteroatoms. The predicted octanol–water partition coefficient (Wildman–Crippen LogP) is 4.15. The molecule has 0 unspecified atom stereocenters. The molecule has 0 amide bonds. The fourth-order valence-electron chi connectivity index (χ4n) is 1.24. The van der Waals surface area contributed by atoms with Gasteiger partial charge >= 0.3 is 0 Å². The van der Waals surface area contributed by atoms with Crippen LogP contribution in [0.4, 0.5) is 0 Å².